The standard InChI is InChI=1S/C10H17F2NO4/c1-10(2,3)17-9(16)13(4)5-6(7(11)12)8(14)15/h6-7H,5H2,1-4H3,(H,14,15). The van der Waals surface area contributed by atoms with Crippen molar-refractivity contribution in [2.45, 2.75) is 32.8 Å². The van der Waals surface area contributed by atoms with Crippen LogP contribution in [0.25, 0.3) is 0 Å². The van der Waals surface area contributed by atoms with Crippen molar-refractivity contribution in [2.24, 2.45) is 5.92 Å². The van der Waals surface area contributed by atoms with E-state index in [0.717, 1.165) is 4.90 Å². The van der Waals surface area contributed by atoms with Crippen molar-refractivity contribution in [2.75, 3.05) is 13.6 Å². The molecule has 0 spiro atoms. The van der Waals surface area contributed by atoms with Gasteiger partial charge in [-0.1, -0.05) is 0 Å². The van der Waals surface area contributed by atoms with Crippen LogP contribution in [-0.4, -0.2) is 47.7 Å². The number of ether oxygens (including phenoxy) is 1. The lowest BCUT2D eigenvalue weighted by Crippen LogP contribution is -2.40. The van der Waals surface area contributed by atoms with Crippen molar-refractivity contribution in [1.82, 2.24) is 4.90 Å². The fourth-order valence-electron chi connectivity index (χ4n) is 0.975. The SMILES string of the molecule is CN(CC(C(=O)O)C(F)F)C(=O)OC(C)(C)C. The van der Waals surface area contributed by atoms with Gasteiger partial charge in [0.1, 0.15) is 11.5 Å². The Labute approximate surface area is 98.3 Å². The van der Waals surface area contributed by atoms with Gasteiger partial charge in [-0.05, 0) is 20.8 Å². The maximum atomic E-state index is 12.4. The second-order valence-corrected chi connectivity index (χ2v) is 4.64. The number of amides is 1. The van der Waals surface area contributed by atoms with Crippen LogP contribution in [0.2, 0.25) is 0 Å². The number of carbonyl (C=O) groups excluding carboxylic acids is 1. The third-order valence-electron chi connectivity index (χ3n) is 1.80. The number of nitrogens with zero attached hydrogens (tertiary/aromatic N) is 1. The Morgan fingerprint density at radius 2 is 1.82 bits per heavy atom. The summed E-state index contributed by atoms with van der Waals surface area (Å²) in [6, 6.07) is 0. The minimum atomic E-state index is -3.03. The zero-order valence-corrected chi connectivity index (χ0v) is 10.2. The minimum Gasteiger partial charge on any atom is -0.481 e. The van der Waals surface area contributed by atoms with Gasteiger partial charge in [0.05, 0.1) is 0 Å². The molecule has 0 radical (unpaired) electrons. The lowest BCUT2D eigenvalue weighted by molar-refractivity contribution is -0.147. The predicted molar refractivity (Wildman–Crippen MR) is 56.0 cm³/mol. The van der Waals surface area contributed by atoms with E-state index in [-0.39, 0.29) is 0 Å². The summed E-state index contributed by atoms with van der Waals surface area (Å²) in [5, 5.41) is 8.55. The molecule has 0 aromatic heterocycles. The van der Waals surface area contributed by atoms with E-state index in [9.17, 15) is 18.4 Å². The average molecular weight is 253 g/mol. The first-order valence-electron chi connectivity index (χ1n) is 4.99. The van der Waals surface area contributed by atoms with Crippen LogP contribution in [0, 0.1) is 5.92 Å². The van der Waals surface area contributed by atoms with Gasteiger partial charge < -0.3 is 14.7 Å². The normalized spacial score (nSPS) is 13.4. The van der Waals surface area contributed by atoms with Gasteiger partial charge in [0, 0.05) is 13.6 Å². The number of halogens is 2. The summed E-state index contributed by atoms with van der Waals surface area (Å²) in [6.07, 6.45) is -3.86. The monoisotopic (exact) mass is 253 g/mol. The molecule has 1 unspecified atom stereocenters. The number of aliphatic carboxylic acids is 1. The Morgan fingerprint density at radius 1 is 1.35 bits per heavy atom. The first-order valence-corrected chi connectivity index (χ1v) is 4.99. The number of hydrogen-bond donors (Lipinski definition) is 1. The first kappa shape index (κ1) is 15.6. The van der Waals surface area contributed by atoms with Crippen LogP contribution in [0.5, 0.6) is 0 Å². The molecule has 1 atom stereocenters. The van der Waals surface area contributed by atoms with E-state index in [0.29, 0.717) is 0 Å². The van der Waals surface area contributed by atoms with Crippen LogP contribution < -0.4 is 0 Å². The molecule has 1 N–H and O–H groups in total. The second kappa shape index (κ2) is 5.79. The van der Waals surface area contributed by atoms with E-state index in [2.05, 4.69) is 0 Å². The van der Waals surface area contributed by atoms with Gasteiger partial charge in [-0.25, -0.2) is 13.6 Å². The van der Waals surface area contributed by atoms with E-state index in [1.807, 2.05) is 0 Å². The lowest BCUT2D eigenvalue weighted by Gasteiger charge is -2.26. The van der Waals surface area contributed by atoms with Crippen molar-refractivity contribution >= 4 is 12.1 Å². The largest absolute Gasteiger partial charge is 0.481 e. The summed E-state index contributed by atoms with van der Waals surface area (Å²) >= 11 is 0. The Hall–Kier alpha value is -1.40. The maximum absolute atomic E-state index is 12.4. The van der Waals surface area contributed by atoms with E-state index in [1.54, 1.807) is 20.8 Å². The molecule has 0 aliphatic rings. The summed E-state index contributed by atoms with van der Waals surface area (Å²) in [6.45, 7) is 4.28. The highest BCUT2D eigenvalue weighted by Crippen LogP contribution is 2.14. The molecule has 0 aliphatic heterocycles. The summed E-state index contributed by atoms with van der Waals surface area (Å²) in [7, 11) is 1.21. The Kier molecular flexibility index (Phi) is 5.31. The van der Waals surface area contributed by atoms with Crippen molar-refractivity contribution < 1.29 is 28.2 Å². The van der Waals surface area contributed by atoms with Gasteiger partial charge in [-0.2, -0.15) is 0 Å². The number of carboxylic acid groups (broad SMARTS) is 1. The van der Waals surface area contributed by atoms with Gasteiger partial charge in [-0.3, -0.25) is 4.79 Å². The number of carboxylic acids is 1. The number of carbonyl (C=O) groups is 2. The molecule has 0 rings (SSSR count). The molecule has 0 saturated heterocycles. The molecule has 1 amide bonds. The molecule has 0 saturated carbocycles. The van der Waals surface area contributed by atoms with Crippen LogP contribution in [0.3, 0.4) is 0 Å². The molecule has 0 bridgehead atoms. The number of hydrogen-bond acceptors (Lipinski definition) is 3. The third-order valence-corrected chi connectivity index (χ3v) is 1.80. The van der Waals surface area contributed by atoms with Gasteiger partial charge >= 0.3 is 12.1 Å². The second-order valence-electron chi connectivity index (χ2n) is 4.64. The van der Waals surface area contributed by atoms with Crippen molar-refractivity contribution in [1.29, 1.82) is 0 Å². The van der Waals surface area contributed by atoms with Crippen LogP contribution >= 0.6 is 0 Å². The van der Waals surface area contributed by atoms with Crippen molar-refractivity contribution in [3.63, 3.8) is 0 Å². The van der Waals surface area contributed by atoms with E-state index in [4.69, 9.17) is 9.84 Å². The molecule has 100 valence electrons. The molecule has 0 aliphatic carbocycles. The van der Waals surface area contributed by atoms with Crippen LogP contribution in [0.4, 0.5) is 13.6 Å². The highest BCUT2D eigenvalue weighted by Gasteiger charge is 2.31. The highest BCUT2D eigenvalue weighted by molar-refractivity contribution is 5.73. The summed E-state index contributed by atoms with van der Waals surface area (Å²) in [5.41, 5.74) is -0.755. The van der Waals surface area contributed by atoms with Gasteiger partial charge in [0.15, 0.2) is 0 Å². The number of rotatable bonds is 4. The summed E-state index contributed by atoms with van der Waals surface area (Å²) < 4.78 is 29.6. The lowest BCUT2D eigenvalue weighted by atomic mass is 10.1. The predicted octanol–water partition coefficient (Wildman–Crippen LogP) is 1.82. The fraction of sp³-hybridized carbons (Fsp3) is 0.800. The van der Waals surface area contributed by atoms with Crippen LogP contribution in [0.1, 0.15) is 20.8 Å². The van der Waals surface area contributed by atoms with Gasteiger partial charge in [0.2, 0.25) is 0 Å². The van der Waals surface area contributed by atoms with Gasteiger partial charge in [0.25, 0.3) is 6.43 Å². The smallest absolute Gasteiger partial charge is 0.410 e. The van der Waals surface area contributed by atoms with Crippen molar-refractivity contribution in [3.8, 4) is 0 Å². The number of alkyl halides is 2. The molecule has 5 nitrogen and oxygen atoms in total. The first-order chi connectivity index (χ1) is 7.54. The Morgan fingerprint density at radius 3 is 2.12 bits per heavy atom. The molecule has 0 heterocycles. The summed E-state index contributed by atoms with van der Waals surface area (Å²) in [5.74, 6) is -3.55. The van der Waals surface area contributed by atoms with Crippen LogP contribution in [-0.2, 0) is 9.53 Å². The summed E-state index contributed by atoms with van der Waals surface area (Å²) in [4.78, 5) is 22.8. The molecule has 0 aromatic carbocycles. The molecule has 7 heteroatoms. The highest BCUT2D eigenvalue weighted by atomic mass is 19.3. The van der Waals surface area contributed by atoms with Gasteiger partial charge in [-0.15, -0.1) is 0 Å². The Balaban J connectivity index is 4.46. The maximum Gasteiger partial charge on any atom is 0.410 e. The topological polar surface area (TPSA) is 66.8 Å². The van der Waals surface area contributed by atoms with Crippen molar-refractivity contribution in [3.05, 3.63) is 0 Å². The molecule has 17 heavy (non-hydrogen) atoms. The fourth-order valence-corrected chi connectivity index (χ4v) is 0.975. The molecular weight excluding hydrogens is 236 g/mol. The average Bonchev–Trinajstić information content (AvgIpc) is 2.09. The zero-order chi connectivity index (χ0) is 13.8. The van der Waals surface area contributed by atoms with E-state index in [1.165, 1.54) is 7.05 Å². The molecule has 0 fully saturated rings. The quantitative estimate of drug-likeness (QED) is 0.829. The van der Waals surface area contributed by atoms with E-state index >= 15 is 0 Å². The van der Waals surface area contributed by atoms with E-state index < -0.39 is 36.6 Å². The third kappa shape index (κ3) is 6.03. The Bertz CT molecular complexity index is 289. The minimum absolute atomic E-state index is 0.595. The molecular formula is C10H17F2NO4. The zero-order valence-electron chi connectivity index (χ0n) is 10.2. The molecule has 0 aromatic rings. The van der Waals surface area contributed by atoms with Crippen LogP contribution in [0.15, 0.2) is 0 Å².